The highest BCUT2D eigenvalue weighted by atomic mass is 16.2. The van der Waals surface area contributed by atoms with E-state index in [1.807, 2.05) is 69.3 Å². The van der Waals surface area contributed by atoms with Crippen LogP contribution in [0.4, 0.5) is 11.4 Å². The summed E-state index contributed by atoms with van der Waals surface area (Å²) in [5, 5.41) is 0. The monoisotopic (exact) mass is 338 g/mol. The van der Waals surface area contributed by atoms with Crippen LogP contribution in [0.2, 0.25) is 0 Å². The second-order valence-electron chi connectivity index (χ2n) is 6.23. The number of hydrogen-bond acceptors (Lipinski definition) is 2. The zero-order valence-electron chi connectivity index (χ0n) is 15.5. The molecule has 0 atom stereocenters. The van der Waals surface area contributed by atoms with Crippen molar-refractivity contribution in [3.63, 3.8) is 0 Å². The Balaban J connectivity index is 2.09. The van der Waals surface area contributed by atoms with Gasteiger partial charge in [0.15, 0.2) is 0 Å². The van der Waals surface area contributed by atoms with Crippen molar-refractivity contribution in [1.82, 2.24) is 0 Å². The van der Waals surface area contributed by atoms with Crippen molar-refractivity contribution >= 4 is 23.2 Å². The van der Waals surface area contributed by atoms with Gasteiger partial charge in [-0.15, -0.1) is 0 Å². The Morgan fingerprint density at radius 2 is 1.56 bits per heavy atom. The molecule has 0 heterocycles. The Bertz CT molecular complexity index is 738. The lowest BCUT2D eigenvalue weighted by molar-refractivity contribution is -0.118. The van der Waals surface area contributed by atoms with Gasteiger partial charge in [-0.25, -0.2) is 0 Å². The van der Waals surface area contributed by atoms with E-state index in [4.69, 9.17) is 0 Å². The Labute approximate surface area is 150 Å². The number of anilines is 2. The van der Waals surface area contributed by atoms with Gasteiger partial charge in [0.2, 0.25) is 11.8 Å². The van der Waals surface area contributed by atoms with E-state index in [1.165, 1.54) is 6.92 Å². The van der Waals surface area contributed by atoms with Gasteiger partial charge in [-0.2, -0.15) is 0 Å². The molecule has 0 radical (unpaired) electrons. The van der Waals surface area contributed by atoms with Crippen LogP contribution in [0.3, 0.4) is 0 Å². The average molecular weight is 338 g/mol. The molecule has 0 saturated carbocycles. The third-order valence-electron chi connectivity index (χ3n) is 4.21. The van der Waals surface area contributed by atoms with Gasteiger partial charge in [-0.05, 0) is 50.6 Å². The Hall–Kier alpha value is -2.62. The van der Waals surface area contributed by atoms with Gasteiger partial charge in [0, 0.05) is 37.8 Å². The summed E-state index contributed by atoms with van der Waals surface area (Å²) >= 11 is 0. The summed E-state index contributed by atoms with van der Waals surface area (Å²) in [6.07, 6.45) is 0.287. The molecule has 4 heteroatoms. The molecule has 2 amide bonds. The molecular weight excluding hydrogens is 312 g/mol. The molecule has 0 fully saturated rings. The molecule has 0 bridgehead atoms. The molecule has 2 aromatic rings. The first-order valence-corrected chi connectivity index (χ1v) is 8.64. The summed E-state index contributed by atoms with van der Waals surface area (Å²) in [5.74, 6) is -0.0401. The lowest BCUT2D eigenvalue weighted by Gasteiger charge is -2.25. The minimum absolute atomic E-state index is 0.0199. The Morgan fingerprint density at radius 3 is 2.12 bits per heavy atom. The molecule has 25 heavy (non-hydrogen) atoms. The molecule has 4 nitrogen and oxygen atoms in total. The summed E-state index contributed by atoms with van der Waals surface area (Å²) < 4.78 is 0. The molecule has 0 aliphatic carbocycles. The Kier molecular flexibility index (Phi) is 6.34. The van der Waals surface area contributed by atoms with E-state index in [2.05, 4.69) is 0 Å². The van der Waals surface area contributed by atoms with Gasteiger partial charge in [0.25, 0.3) is 0 Å². The fourth-order valence-corrected chi connectivity index (χ4v) is 2.83. The van der Waals surface area contributed by atoms with Crippen LogP contribution in [0.1, 0.15) is 31.4 Å². The lowest BCUT2D eigenvalue weighted by atomic mass is 10.2. The molecular formula is C21H26N2O2. The maximum Gasteiger partial charge on any atom is 0.228 e. The quantitative estimate of drug-likeness (QED) is 0.795. The third-order valence-corrected chi connectivity index (χ3v) is 4.21. The number of amides is 2. The van der Waals surface area contributed by atoms with Crippen LogP contribution in [0, 0.1) is 13.8 Å². The fourth-order valence-electron chi connectivity index (χ4n) is 2.83. The molecule has 0 unspecified atom stereocenters. The van der Waals surface area contributed by atoms with Crippen LogP contribution in [-0.2, 0) is 9.59 Å². The number of benzene rings is 2. The van der Waals surface area contributed by atoms with Crippen LogP contribution in [0.25, 0.3) is 0 Å². The van der Waals surface area contributed by atoms with Crippen LogP contribution in [0.5, 0.6) is 0 Å². The molecule has 0 aliphatic rings. The van der Waals surface area contributed by atoms with Crippen molar-refractivity contribution in [2.75, 3.05) is 22.9 Å². The number of aryl methyl sites for hydroxylation is 2. The summed E-state index contributed by atoms with van der Waals surface area (Å²) in [5.41, 5.74) is 3.98. The number of hydrogen-bond donors (Lipinski definition) is 0. The molecule has 2 rings (SSSR count). The highest BCUT2D eigenvalue weighted by Crippen LogP contribution is 2.19. The number of carbonyl (C=O) groups excluding carboxylic acids is 2. The zero-order valence-corrected chi connectivity index (χ0v) is 15.5. The van der Waals surface area contributed by atoms with E-state index in [0.29, 0.717) is 13.1 Å². The molecule has 0 aromatic heterocycles. The smallest absolute Gasteiger partial charge is 0.228 e. The van der Waals surface area contributed by atoms with Crippen molar-refractivity contribution < 1.29 is 9.59 Å². The molecule has 2 aromatic carbocycles. The standard InChI is InChI=1S/C21H26N2O2/c1-5-22(20-8-6-7-17(3)15-20)21(25)13-14-23(18(4)24)19-11-9-16(2)10-12-19/h6-12,15H,5,13-14H2,1-4H3. The van der Waals surface area contributed by atoms with E-state index in [-0.39, 0.29) is 18.2 Å². The predicted octanol–water partition coefficient (Wildman–Crippen LogP) is 4.10. The minimum Gasteiger partial charge on any atom is -0.313 e. The summed E-state index contributed by atoms with van der Waals surface area (Å²) in [6, 6.07) is 15.7. The second kappa shape index (κ2) is 8.47. The minimum atomic E-state index is -0.0599. The Morgan fingerprint density at radius 1 is 0.880 bits per heavy atom. The second-order valence-corrected chi connectivity index (χ2v) is 6.23. The van der Waals surface area contributed by atoms with Gasteiger partial charge in [0.1, 0.15) is 0 Å². The highest BCUT2D eigenvalue weighted by Gasteiger charge is 2.18. The molecule has 132 valence electrons. The third kappa shape index (κ3) is 4.92. The summed E-state index contributed by atoms with van der Waals surface area (Å²) in [6.45, 7) is 8.49. The number of carbonyl (C=O) groups is 2. The topological polar surface area (TPSA) is 40.6 Å². The van der Waals surface area contributed by atoms with Crippen molar-refractivity contribution in [2.45, 2.75) is 34.1 Å². The number of nitrogens with zero attached hydrogens (tertiary/aromatic N) is 2. The van der Waals surface area contributed by atoms with Crippen LogP contribution in [0.15, 0.2) is 48.5 Å². The number of rotatable bonds is 6. The van der Waals surface area contributed by atoms with Crippen molar-refractivity contribution in [3.8, 4) is 0 Å². The first-order chi connectivity index (χ1) is 11.9. The first-order valence-electron chi connectivity index (χ1n) is 8.64. The van der Waals surface area contributed by atoms with E-state index in [9.17, 15) is 9.59 Å². The normalized spacial score (nSPS) is 10.4. The molecule has 0 N–H and O–H groups in total. The zero-order chi connectivity index (χ0) is 18.4. The van der Waals surface area contributed by atoms with Crippen LogP contribution < -0.4 is 9.80 Å². The maximum atomic E-state index is 12.7. The van der Waals surface area contributed by atoms with E-state index in [1.54, 1.807) is 9.80 Å². The summed E-state index contributed by atoms with van der Waals surface area (Å²) in [4.78, 5) is 28.1. The predicted molar refractivity (Wildman–Crippen MR) is 103 cm³/mol. The van der Waals surface area contributed by atoms with Gasteiger partial charge in [0.05, 0.1) is 0 Å². The van der Waals surface area contributed by atoms with E-state index < -0.39 is 0 Å². The van der Waals surface area contributed by atoms with Gasteiger partial charge in [-0.3, -0.25) is 9.59 Å². The van der Waals surface area contributed by atoms with Crippen LogP contribution >= 0.6 is 0 Å². The van der Waals surface area contributed by atoms with Crippen molar-refractivity contribution in [2.24, 2.45) is 0 Å². The van der Waals surface area contributed by atoms with Gasteiger partial charge < -0.3 is 9.80 Å². The lowest BCUT2D eigenvalue weighted by Crippen LogP contribution is -2.36. The van der Waals surface area contributed by atoms with Crippen LogP contribution in [-0.4, -0.2) is 24.9 Å². The first kappa shape index (κ1) is 18.7. The SMILES string of the molecule is CCN(C(=O)CCN(C(C)=O)c1ccc(C)cc1)c1cccc(C)c1. The highest BCUT2D eigenvalue weighted by molar-refractivity contribution is 5.96. The van der Waals surface area contributed by atoms with E-state index >= 15 is 0 Å². The fraction of sp³-hybridized carbons (Fsp3) is 0.333. The maximum absolute atomic E-state index is 12.7. The van der Waals surface area contributed by atoms with Gasteiger partial charge in [-0.1, -0.05) is 29.8 Å². The molecule has 0 aliphatic heterocycles. The molecule has 0 saturated heterocycles. The molecule has 0 spiro atoms. The van der Waals surface area contributed by atoms with Crippen molar-refractivity contribution in [1.29, 1.82) is 0 Å². The average Bonchev–Trinajstić information content (AvgIpc) is 2.57. The van der Waals surface area contributed by atoms with Crippen molar-refractivity contribution in [3.05, 3.63) is 59.7 Å². The van der Waals surface area contributed by atoms with E-state index in [0.717, 1.165) is 22.5 Å². The summed E-state index contributed by atoms with van der Waals surface area (Å²) in [7, 11) is 0. The van der Waals surface area contributed by atoms with Gasteiger partial charge >= 0.3 is 0 Å². The largest absolute Gasteiger partial charge is 0.313 e.